The van der Waals surface area contributed by atoms with Gasteiger partial charge in [0.05, 0.1) is 0 Å². The zero-order chi connectivity index (χ0) is 11.8. The van der Waals surface area contributed by atoms with Crippen LogP contribution in [0.25, 0.3) is 10.9 Å². The minimum Gasteiger partial charge on any atom is -0.359 e. The van der Waals surface area contributed by atoms with E-state index in [0.717, 1.165) is 48.1 Å². The van der Waals surface area contributed by atoms with E-state index in [1.807, 2.05) is 25.1 Å². The van der Waals surface area contributed by atoms with Gasteiger partial charge in [0.25, 0.3) is 0 Å². The fourth-order valence-corrected chi connectivity index (χ4v) is 2.71. The van der Waals surface area contributed by atoms with E-state index in [1.54, 1.807) is 0 Å². The highest BCUT2D eigenvalue weighted by molar-refractivity contribution is 5.81. The first-order valence-corrected chi connectivity index (χ1v) is 6.21. The maximum absolute atomic E-state index is 14.3. The molecule has 1 aromatic heterocycles. The van der Waals surface area contributed by atoms with Crippen LogP contribution in [-0.4, -0.2) is 18.1 Å². The zero-order valence-corrected chi connectivity index (χ0v) is 10.0. The number of H-pyrrole nitrogens is 1. The van der Waals surface area contributed by atoms with Crippen LogP contribution in [0.15, 0.2) is 18.2 Å². The predicted octanol–water partition coefficient (Wildman–Crippen LogP) is 2.77. The van der Waals surface area contributed by atoms with Gasteiger partial charge in [-0.3, -0.25) is 0 Å². The molecule has 1 atom stereocenters. The largest absolute Gasteiger partial charge is 0.359 e. The quantitative estimate of drug-likeness (QED) is 0.818. The SMILES string of the molecule is Cc1cc2c(F)c(CC3CCNC3)ccc2[nH]1. The average Bonchev–Trinajstić information content (AvgIpc) is 2.91. The second-order valence-electron chi connectivity index (χ2n) is 5.02. The first-order chi connectivity index (χ1) is 8.24. The van der Waals surface area contributed by atoms with E-state index in [2.05, 4.69) is 10.3 Å². The standard InChI is InChI=1S/C14H17FN2/c1-9-6-12-13(17-9)3-2-11(14(12)15)7-10-4-5-16-8-10/h2-3,6,10,16-17H,4-5,7-8H2,1H3. The number of hydrogen-bond acceptors (Lipinski definition) is 1. The molecule has 0 radical (unpaired) electrons. The monoisotopic (exact) mass is 232 g/mol. The summed E-state index contributed by atoms with van der Waals surface area (Å²) in [6.45, 7) is 4.04. The number of aromatic amines is 1. The summed E-state index contributed by atoms with van der Waals surface area (Å²) in [5.74, 6) is 0.542. The Kier molecular flexibility index (Phi) is 2.63. The minimum absolute atomic E-state index is 0.0428. The molecule has 3 rings (SSSR count). The van der Waals surface area contributed by atoms with Crippen LogP contribution in [-0.2, 0) is 6.42 Å². The Labute approximate surface area is 100 Å². The van der Waals surface area contributed by atoms with Crippen LogP contribution >= 0.6 is 0 Å². The summed E-state index contributed by atoms with van der Waals surface area (Å²) in [5.41, 5.74) is 2.76. The number of halogens is 1. The molecule has 2 nitrogen and oxygen atoms in total. The Bertz CT molecular complexity index is 538. The van der Waals surface area contributed by atoms with Crippen molar-refractivity contribution in [3.8, 4) is 0 Å². The van der Waals surface area contributed by atoms with Gasteiger partial charge in [-0.05, 0) is 56.5 Å². The van der Waals surface area contributed by atoms with Crippen LogP contribution in [0.2, 0.25) is 0 Å². The number of nitrogens with one attached hydrogen (secondary N) is 2. The molecular formula is C14H17FN2. The molecule has 2 aromatic rings. The van der Waals surface area contributed by atoms with Gasteiger partial charge in [-0.1, -0.05) is 6.07 Å². The van der Waals surface area contributed by atoms with E-state index in [4.69, 9.17) is 0 Å². The third-order valence-electron chi connectivity index (χ3n) is 3.62. The number of benzene rings is 1. The summed E-state index contributed by atoms with van der Waals surface area (Å²) in [6, 6.07) is 5.80. The highest BCUT2D eigenvalue weighted by Gasteiger charge is 2.18. The molecule has 0 aliphatic carbocycles. The van der Waals surface area contributed by atoms with Crippen molar-refractivity contribution >= 4 is 10.9 Å². The average molecular weight is 232 g/mol. The lowest BCUT2D eigenvalue weighted by Crippen LogP contribution is -2.11. The lowest BCUT2D eigenvalue weighted by molar-refractivity contribution is 0.548. The molecule has 1 fully saturated rings. The van der Waals surface area contributed by atoms with Crippen molar-refractivity contribution in [2.45, 2.75) is 19.8 Å². The summed E-state index contributed by atoms with van der Waals surface area (Å²) in [7, 11) is 0. The third kappa shape index (κ3) is 1.95. The summed E-state index contributed by atoms with van der Waals surface area (Å²) in [5, 5.41) is 4.05. The number of hydrogen-bond donors (Lipinski definition) is 2. The van der Waals surface area contributed by atoms with Crippen molar-refractivity contribution < 1.29 is 4.39 Å². The van der Waals surface area contributed by atoms with E-state index < -0.39 is 0 Å². The van der Waals surface area contributed by atoms with Crippen molar-refractivity contribution in [2.75, 3.05) is 13.1 Å². The van der Waals surface area contributed by atoms with Crippen molar-refractivity contribution in [1.82, 2.24) is 10.3 Å². The summed E-state index contributed by atoms with van der Waals surface area (Å²) in [6.07, 6.45) is 2.00. The molecule has 2 N–H and O–H groups in total. The zero-order valence-electron chi connectivity index (χ0n) is 10.0. The van der Waals surface area contributed by atoms with Crippen LogP contribution in [0.5, 0.6) is 0 Å². The Balaban J connectivity index is 1.95. The second-order valence-corrected chi connectivity index (χ2v) is 5.02. The van der Waals surface area contributed by atoms with Gasteiger partial charge in [0.15, 0.2) is 0 Å². The van der Waals surface area contributed by atoms with Crippen molar-refractivity contribution in [3.05, 3.63) is 35.3 Å². The molecule has 0 bridgehead atoms. The molecule has 0 spiro atoms. The van der Waals surface area contributed by atoms with Gasteiger partial charge < -0.3 is 10.3 Å². The molecule has 1 aromatic carbocycles. The maximum Gasteiger partial charge on any atom is 0.135 e. The Morgan fingerprint density at radius 3 is 3.06 bits per heavy atom. The lowest BCUT2D eigenvalue weighted by Gasteiger charge is -2.09. The molecule has 1 aliphatic heterocycles. The molecule has 1 unspecified atom stereocenters. The lowest BCUT2D eigenvalue weighted by atomic mass is 9.97. The predicted molar refractivity (Wildman–Crippen MR) is 67.7 cm³/mol. The fraction of sp³-hybridized carbons (Fsp3) is 0.429. The first kappa shape index (κ1) is 10.8. The van der Waals surface area contributed by atoms with E-state index >= 15 is 0 Å². The fourth-order valence-electron chi connectivity index (χ4n) is 2.71. The van der Waals surface area contributed by atoms with Gasteiger partial charge in [-0.25, -0.2) is 4.39 Å². The topological polar surface area (TPSA) is 27.8 Å². The number of aromatic nitrogens is 1. The highest BCUT2D eigenvalue weighted by Crippen LogP contribution is 2.25. The second kappa shape index (κ2) is 4.15. The van der Waals surface area contributed by atoms with Crippen molar-refractivity contribution in [3.63, 3.8) is 0 Å². The van der Waals surface area contributed by atoms with Gasteiger partial charge >= 0.3 is 0 Å². The maximum atomic E-state index is 14.3. The van der Waals surface area contributed by atoms with E-state index in [9.17, 15) is 4.39 Å². The van der Waals surface area contributed by atoms with E-state index in [1.165, 1.54) is 0 Å². The molecule has 1 saturated heterocycles. The van der Waals surface area contributed by atoms with Crippen LogP contribution in [0, 0.1) is 18.7 Å². The number of fused-ring (bicyclic) bond motifs is 1. The normalized spacial score (nSPS) is 20.2. The van der Waals surface area contributed by atoms with Crippen molar-refractivity contribution in [2.24, 2.45) is 5.92 Å². The van der Waals surface area contributed by atoms with Gasteiger partial charge in [0.2, 0.25) is 0 Å². The summed E-state index contributed by atoms with van der Waals surface area (Å²) >= 11 is 0. The molecule has 17 heavy (non-hydrogen) atoms. The number of aryl methyl sites for hydroxylation is 1. The molecular weight excluding hydrogens is 215 g/mol. The molecule has 3 heteroatoms. The Hall–Kier alpha value is -1.35. The summed E-state index contributed by atoms with van der Waals surface area (Å²) < 4.78 is 14.3. The molecule has 1 aliphatic rings. The Morgan fingerprint density at radius 2 is 2.29 bits per heavy atom. The third-order valence-corrected chi connectivity index (χ3v) is 3.62. The van der Waals surface area contributed by atoms with Crippen LogP contribution < -0.4 is 5.32 Å². The van der Waals surface area contributed by atoms with Gasteiger partial charge in [-0.15, -0.1) is 0 Å². The molecule has 0 saturated carbocycles. The van der Waals surface area contributed by atoms with Crippen molar-refractivity contribution in [1.29, 1.82) is 0 Å². The molecule has 90 valence electrons. The van der Waals surface area contributed by atoms with E-state index in [-0.39, 0.29) is 5.82 Å². The molecule has 2 heterocycles. The van der Waals surface area contributed by atoms with Crippen LogP contribution in [0.3, 0.4) is 0 Å². The van der Waals surface area contributed by atoms with Crippen LogP contribution in [0.4, 0.5) is 4.39 Å². The molecule has 0 amide bonds. The Morgan fingerprint density at radius 1 is 1.41 bits per heavy atom. The summed E-state index contributed by atoms with van der Waals surface area (Å²) in [4.78, 5) is 3.17. The van der Waals surface area contributed by atoms with Gasteiger partial charge in [-0.2, -0.15) is 0 Å². The smallest absolute Gasteiger partial charge is 0.135 e. The minimum atomic E-state index is -0.0428. The van der Waals surface area contributed by atoms with Gasteiger partial charge in [0.1, 0.15) is 5.82 Å². The number of rotatable bonds is 2. The highest BCUT2D eigenvalue weighted by atomic mass is 19.1. The van der Waals surface area contributed by atoms with E-state index in [0.29, 0.717) is 5.92 Å². The van der Waals surface area contributed by atoms with Crippen LogP contribution in [0.1, 0.15) is 17.7 Å². The van der Waals surface area contributed by atoms with Gasteiger partial charge in [0, 0.05) is 16.6 Å². The first-order valence-electron chi connectivity index (χ1n) is 6.21.